The molecular formula is C20H18N4OS. The van der Waals surface area contributed by atoms with Gasteiger partial charge in [0.15, 0.2) is 11.3 Å². The zero-order chi connectivity index (χ0) is 18.1. The fourth-order valence-electron chi connectivity index (χ4n) is 2.99. The van der Waals surface area contributed by atoms with Gasteiger partial charge in [-0.3, -0.25) is 15.1 Å². The third-order valence-corrected chi connectivity index (χ3v) is 5.09. The Hall–Kier alpha value is -2.86. The van der Waals surface area contributed by atoms with Gasteiger partial charge in [-0.2, -0.15) is 0 Å². The van der Waals surface area contributed by atoms with E-state index in [0.29, 0.717) is 16.6 Å². The van der Waals surface area contributed by atoms with E-state index >= 15 is 0 Å². The molecule has 0 unspecified atom stereocenters. The molecule has 0 radical (unpaired) electrons. The molecule has 1 amide bonds. The van der Waals surface area contributed by atoms with Gasteiger partial charge in [0.25, 0.3) is 5.91 Å². The summed E-state index contributed by atoms with van der Waals surface area (Å²) in [5, 5.41) is 11.4. The average molecular weight is 362 g/mol. The predicted octanol–water partition coefficient (Wildman–Crippen LogP) is 2.06. The lowest BCUT2D eigenvalue weighted by molar-refractivity contribution is -0.116. The van der Waals surface area contributed by atoms with Gasteiger partial charge in [0, 0.05) is 11.0 Å². The molecule has 2 heterocycles. The van der Waals surface area contributed by atoms with Gasteiger partial charge in [0.1, 0.15) is 5.70 Å². The van der Waals surface area contributed by atoms with Crippen LogP contribution in [-0.2, 0) is 4.79 Å². The van der Waals surface area contributed by atoms with Crippen LogP contribution in [0.25, 0.3) is 5.70 Å². The van der Waals surface area contributed by atoms with Crippen molar-refractivity contribution >= 4 is 28.5 Å². The van der Waals surface area contributed by atoms with Gasteiger partial charge in [-0.15, -0.1) is 11.7 Å². The first-order valence-corrected chi connectivity index (χ1v) is 9.32. The SMILES string of the molecule is C=CCSC1=NN2C(=c3ccccc3=N[C@@H]2c2ccc(C)cc2)C(=O)N1. The maximum atomic E-state index is 12.8. The monoisotopic (exact) mass is 362 g/mol. The highest BCUT2D eigenvalue weighted by Crippen LogP contribution is 2.30. The topological polar surface area (TPSA) is 57.1 Å². The van der Waals surface area contributed by atoms with Crippen molar-refractivity contribution in [1.82, 2.24) is 10.3 Å². The molecule has 6 heteroatoms. The van der Waals surface area contributed by atoms with E-state index in [4.69, 9.17) is 4.99 Å². The maximum Gasteiger partial charge on any atom is 0.276 e. The van der Waals surface area contributed by atoms with Crippen molar-refractivity contribution < 1.29 is 4.79 Å². The van der Waals surface area contributed by atoms with Crippen molar-refractivity contribution in [3.63, 3.8) is 0 Å². The van der Waals surface area contributed by atoms with Crippen LogP contribution in [0.15, 0.2) is 71.3 Å². The quantitative estimate of drug-likeness (QED) is 0.851. The van der Waals surface area contributed by atoms with Gasteiger partial charge in [-0.25, -0.2) is 5.01 Å². The molecule has 1 N–H and O–H groups in total. The Bertz CT molecular complexity index is 1030. The Balaban J connectivity index is 1.90. The van der Waals surface area contributed by atoms with Crippen LogP contribution in [0.3, 0.4) is 0 Å². The van der Waals surface area contributed by atoms with Crippen molar-refractivity contribution in [2.24, 2.45) is 10.1 Å². The summed E-state index contributed by atoms with van der Waals surface area (Å²) in [6, 6.07) is 15.8. The van der Waals surface area contributed by atoms with E-state index in [1.807, 2.05) is 55.5 Å². The Kier molecular flexibility index (Phi) is 4.34. The van der Waals surface area contributed by atoms with Crippen LogP contribution in [-0.4, -0.2) is 21.8 Å². The number of para-hydroxylation sites is 1. The Morgan fingerprint density at radius 2 is 2.00 bits per heavy atom. The molecule has 2 aliphatic rings. The summed E-state index contributed by atoms with van der Waals surface area (Å²) in [6.07, 6.45) is 1.41. The standard InChI is InChI=1S/C20H18N4OS/c1-3-12-26-20-22-19(25)17-15-6-4-5-7-16(15)21-18(24(17)23-20)14-10-8-13(2)9-11-14/h3-11,18H,1,12H2,2H3,(H,22,23,25)/t18-/m0/s1. The van der Waals surface area contributed by atoms with Gasteiger partial charge < -0.3 is 0 Å². The molecule has 1 atom stereocenters. The van der Waals surface area contributed by atoms with Crippen molar-refractivity contribution in [3.8, 4) is 0 Å². The highest BCUT2D eigenvalue weighted by molar-refractivity contribution is 8.14. The number of hydrogen-bond donors (Lipinski definition) is 1. The highest BCUT2D eigenvalue weighted by atomic mass is 32.2. The molecule has 0 fully saturated rings. The van der Waals surface area contributed by atoms with Crippen LogP contribution in [0.4, 0.5) is 0 Å². The number of fused-ring (bicyclic) bond motifs is 2. The number of hydrogen-bond acceptors (Lipinski definition) is 5. The van der Waals surface area contributed by atoms with E-state index in [-0.39, 0.29) is 12.1 Å². The first-order valence-electron chi connectivity index (χ1n) is 8.34. The number of carbonyl (C=O) groups is 1. The molecule has 4 rings (SSSR count). The molecule has 130 valence electrons. The maximum absolute atomic E-state index is 12.8. The van der Waals surface area contributed by atoms with Gasteiger partial charge in [0.05, 0.1) is 5.36 Å². The summed E-state index contributed by atoms with van der Waals surface area (Å²) in [6.45, 7) is 5.77. The fraction of sp³-hybridized carbons (Fsp3) is 0.150. The van der Waals surface area contributed by atoms with Gasteiger partial charge in [0.2, 0.25) is 0 Å². The second-order valence-electron chi connectivity index (χ2n) is 6.08. The number of hydrazone groups is 1. The van der Waals surface area contributed by atoms with Crippen molar-refractivity contribution in [2.45, 2.75) is 13.1 Å². The molecule has 0 saturated heterocycles. The van der Waals surface area contributed by atoms with Crippen LogP contribution in [0.2, 0.25) is 0 Å². The Morgan fingerprint density at radius 3 is 2.77 bits per heavy atom. The van der Waals surface area contributed by atoms with Gasteiger partial charge in [-0.05, 0) is 18.6 Å². The summed E-state index contributed by atoms with van der Waals surface area (Å²) in [5.74, 6) is 0.511. The van der Waals surface area contributed by atoms with Crippen molar-refractivity contribution in [2.75, 3.05) is 5.75 Å². The molecule has 5 nitrogen and oxygen atoms in total. The van der Waals surface area contributed by atoms with Crippen molar-refractivity contribution in [1.29, 1.82) is 0 Å². The number of carbonyl (C=O) groups excluding carboxylic acids is 1. The smallest absolute Gasteiger partial charge is 0.276 e. The van der Waals surface area contributed by atoms with E-state index in [1.54, 1.807) is 11.1 Å². The molecule has 0 aromatic heterocycles. The molecule has 0 saturated carbocycles. The van der Waals surface area contributed by atoms with Crippen LogP contribution < -0.4 is 15.9 Å². The second-order valence-corrected chi connectivity index (χ2v) is 7.09. The molecule has 2 aromatic carbocycles. The summed E-state index contributed by atoms with van der Waals surface area (Å²) in [5.41, 5.74) is 2.70. The largest absolute Gasteiger partial charge is 0.298 e. The third-order valence-electron chi connectivity index (χ3n) is 4.23. The number of rotatable bonds is 3. The van der Waals surface area contributed by atoms with Crippen LogP contribution >= 0.6 is 11.8 Å². The summed E-state index contributed by atoms with van der Waals surface area (Å²) in [4.78, 5) is 17.7. The van der Waals surface area contributed by atoms with E-state index < -0.39 is 0 Å². The zero-order valence-corrected chi connectivity index (χ0v) is 15.2. The minimum atomic E-state index is -0.370. The minimum absolute atomic E-state index is 0.161. The molecule has 0 bridgehead atoms. The van der Waals surface area contributed by atoms with E-state index in [0.717, 1.165) is 16.1 Å². The zero-order valence-electron chi connectivity index (χ0n) is 14.3. The average Bonchev–Trinajstić information content (AvgIpc) is 2.66. The van der Waals surface area contributed by atoms with Crippen LogP contribution in [0.5, 0.6) is 0 Å². The van der Waals surface area contributed by atoms with Crippen LogP contribution in [0, 0.1) is 6.92 Å². The van der Waals surface area contributed by atoms with Crippen LogP contribution in [0.1, 0.15) is 17.3 Å². The first-order chi connectivity index (χ1) is 12.7. The first kappa shape index (κ1) is 16.6. The molecule has 0 spiro atoms. The second kappa shape index (κ2) is 6.80. The number of amidine groups is 1. The number of nitrogens with one attached hydrogen (secondary N) is 1. The van der Waals surface area contributed by atoms with Gasteiger partial charge >= 0.3 is 0 Å². The molecule has 2 aliphatic heterocycles. The van der Waals surface area contributed by atoms with Crippen molar-refractivity contribution in [3.05, 3.63) is 82.9 Å². The minimum Gasteiger partial charge on any atom is -0.298 e. The summed E-state index contributed by atoms with van der Waals surface area (Å²) >= 11 is 1.44. The van der Waals surface area contributed by atoms with E-state index in [2.05, 4.69) is 17.0 Å². The molecular weight excluding hydrogens is 344 g/mol. The number of thioether (sulfide) groups is 1. The fourth-order valence-corrected chi connectivity index (χ4v) is 3.57. The van der Waals surface area contributed by atoms with E-state index in [9.17, 15) is 4.79 Å². The number of amides is 1. The predicted molar refractivity (Wildman–Crippen MR) is 105 cm³/mol. The molecule has 2 aromatic rings. The highest BCUT2D eigenvalue weighted by Gasteiger charge is 2.34. The Labute approximate surface area is 155 Å². The molecule has 0 aliphatic carbocycles. The lowest BCUT2D eigenvalue weighted by Gasteiger charge is -2.34. The number of benzene rings is 2. The van der Waals surface area contributed by atoms with Gasteiger partial charge in [-0.1, -0.05) is 65.9 Å². The molecule has 26 heavy (non-hydrogen) atoms. The lowest BCUT2D eigenvalue weighted by atomic mass is 10.1. The third kappa shape index (κ3) is 2.93. The summed E-state index contributed by atoms with van der Waals surface area (Å²) in [7, 11) is 0. The lowest BCUT2D eigenvalue weighted by Crippen LogP contribution is -2.50. The number of aryl methyl sites for hydroxylation is 1. The Morgan fingerprint density at radius 1 is 1.23 bits per heavy atom. The summed E-state index contributed by atoms with van der Waals surface area (Å²) < 4.78 is 0. The van der Waals surface area contributed by atoms with E-state index in [1.165, 1.54) is 17.3 Å². The number of nitrogens with zero attached hydrogens (tertiary/aromatic N) is 3. The normalized spacial score (nSPS) is 18.3.